The molecular formula is C21H20N4O2S. The summed E-state index contributed by atoms with van der Waals surface area (Å²) in [6, 6.07) is 16.0. The van der Waals surface area contributed by atoms with E-state index in [0.29, 0.717) is 27.3 Å². The van der Waals surface area contributed by atoms with Gasteiger partial charge in [0.25, 0.3) is 5.56 Å². The van der Waals surface area contributed by atoms with Crippen molar-refractivity contribution in [1.29, 1.82) is 5.26 Å². The number of nitrogens with zero attached hydrogens (tertiary/aromatic N) is 3. The second-order valence-electron chi connectivity index (χ2n) is 6.59. The van der Waals surface area contributed by atoms with Crippen LogP contribution in [-0.4, -0.2) is 20.7 Å². The Labute approximate surface area is 167 Å². The van der Waals surface area contributed by atoms with Gasteiger partial charge in [0, 0.05) is 6.04 Å². The van der Waals surface area contributed by atoms with Gasteiger partial charge in [-0.05, 0) is 45.0 Å². The first-order valence-electron chi connectivity index (χ1n) is 8.90. The minimum atomic E-state index is -0.509. The van der Waals surface area contributed by atoms with E-state index in [-0.39, 0.29) is 17.5 Å². The molecule has 0 bridgehead atoms. The zero-order valence-electron chi connectivity index (χ0n) is 15.8. The molecule has 3 rings (SSSR count). The number of para-hydroxylation sites is 2. The first-order valence-corrected chi connectivity index (χ1v) is 9.78. The van der Waals surface area contributed by atoms with Gasteiger partial charge in [-0.25, -0.2) is 4.98 Å². The second kappa shape index (κ2) is 8.28. The summed E-state index contributed by atoms with van der Waals surface area (Å²) in [6.45, 7) is 5.58. The number of anilines is 1. The number of rotatable bonds is 5. The summed E-state index contributed by atoms with van der Waals surface area (Å²) in [7, 11) is 0. The summed E-state index contributed by atoms with van der Waals surface area (Å²) >= 11 is 1.23. The Hall–Kier alpha value is -3.11. The summed E-state index contributed by atoms with van der Waals surface area (Å²) in [5.74, 6) is -0.259. The topological polar surface area (TPSA) is 87.8 Å². The van der Waals surface area contributed by atoms with Crippen LogP contribution in [0.4, 0.5) is 5.69 Å². The maximum absolute atomic E-state index is 12.9. The molecule has 1 heterocycles. The molecule has 0 spiro atoms. The molecule has 0 aliphatic carbocycles. The minimum absolute atomic E-state index is 0.0957. The van der Waals surface area contributed by atoms with E-state index in [1.165, 1.54) is 11.8 Å². The fraction of sp³-hybridized carbons (Fsp3) is 0.238. The lowest BCUT2D eigenvalue weighted by molar-refractivity contribution is -0.115. The molecule has 0 aliphatic rings. The van der Waals surface area contributed by atoms with Gasteiger partial charge in [0.15, 0.2) is 5.16 Å². The average Bonchev–Trinajstić information content (AvgIpc) is 2.68. The van der Waals surface area contributed by atoms with Crippen LogP contribution >= 0.6 is 11.8 Å². The van der Waals surface area contributed by atoms with Crippen molar-refractivity contribution in [2.45, 2.75) is 37.2 Å². The lowest BCUT2D eigenvalue weighted by Crippen LogP contribution is -2.28. The van der Waals surface area contributed by atoms with Crippen molar-refractivity contribution < 1.29 is 4.79 Å². The second-order valence-corrected chi connectivity index (χ2v) is 7.90. The first-order chi connectivity index (χ1) is 13.4. The van der Waals surface area contributed by atoms with E-state index in [1.807, 2.05) is 26.0 Å². The maximum atomic E-state index is 12.9. The predicted octanol–water partition coefficient (Wildman–Crippen LogP) is 3.97. The van der Waals surface area contributed by atoms with Crippen molar-refractivity contribution >= 4 is 34.3 Å². The number of benzene rings is 2. The van der Waals surface area contributed by atoms with Crippen LogP contribution in [0.5, 0.6) is 0 Å². The number of amides is 1. The average molecular weight is 392 g/mol. The third-order valence-corrected chi connectivity index (χ3v) is 5.32. The summed E-state index contributed by atoms with van der Waals surface area (Å²) in [5, 5.41) is 12.5. The fourth-order valence-corrected chi connectivity index (χ4v) is 3.84. The molecule has 1 unspecified atom stereocenters. The van der Waals surface area contributed by atoms with Crippen molar-refractivity contribution in [1.82, 2.24) is 9.55 Å². The molecule has 0 aliphatic heterocycles. The number of aromatic nitrogens is 2. The third kappa shape index (κ3) is 3.92. The van der Waals surface area contributed by atoms with E-state index in [1.54, 1.807) is 47.9 Å². The highest BCUT2D eigenvalue weighted by molar-refractivity contribution is 8.00. The molecule has 3 aromatic rings. The van der Waals surface area contributed by atoms with Gasteiger partial charge in [-0.3, -0.25) is 14.2 Å². The fourth-order valence-electron chi connectivity index (χ4n) is 2.80. The first kappa shape index (κ1) is 19.6. The molecule has 0 fully saturated rings. The maximum Gasteiger partial charge on any atom is 0.262 e. The van der Waals surface area contributed by atoms with E-state index in [2.05, 4.69) is 16.4 Å². The molecule has 1 amide bonds. The number of nitriles is 1. The lowest BCUT2D eigenvalue weighted by Gasteiger charge is -2.18. The molecule has 6 nitrogen and oxygen atoms in total. The van der Waals surface area contributed by atoms with Crippen LogP contribution in [-0.2, 0) is 4.79 Å². The monoisotopic (exact) mass is 392 g/mol. The highest BCUT2D eigenvalue weighted by Crippen LogP contribution is 2.26. The van der Waals surface area contributed by atoms with Crippen LogP contribution in [0, 0.1) is 11.3 Å². The molecule has 0 radical (unpaired) electrons. The number of nitrogens with one attached hydrogen (secondary N) is 1. The zero-order valence-corrected chi connectivity index (χ0v) is 16.7. The Morgan fingerprint density at radius 1 is 1.14 bits per heavy atom. The van der Waals surface area contributed by atoms with Gasteiger partial charge in [0.05, 0.1) is 27.4 Å². The van der Waals surface area contributed by atoms with Gasteiger partial charge in [0.1, 0.15) is 6.07 Å². The van der Waals surface area contributed by atoms with Crippen molar-refractivity contribution in [3.63, 3.8) is 0 Å². The Morgan fingerprint density at radius 2 is 1.82 bits per heavy atom. The Morgan fingerprint density at radius 3 is 2.54 bits per heavy atom. The Bertz CT molecular complexity index is 1130. The quantitative estimate of drug-likeness (QED) is 0.524. The van der Waals surface area contributed by atoms with E-state index in [0.717, 1.165) is 0 Å². The Kier molecular flexibility index (Phi) is 5.81. The molecule has 1 atom stereocenters. The van der Waals surface area contributed by atoms with Crippen LogP contribution in [0.3, 0.4) is 0 Å². The number of thioether (sulfide) groups is 1. The van der Waals surface area contributed by atoms with Gasteiger partial charge in [-0.15, -0.1) is 0 Å². The SMILES string of the molecule is CC(Sc1nc2ccccc2c(=O)n1C(C)C)C(=O)Nc1ccccc1C#N. The van der Waals surface area contributed by atoms with Gasteiger partial charge < -0.3 is 5.32 Å². The third-order valence-electron chi connectivity index (χ3n) is 4.25. The molecule has 7 heteroatoms. The van der Waals surface area contributed by atoms with Crippen LogP contribution in [0.15, 0.2) is 58.5 Å². The molecular weight excluding hydrogens is 372 g/mol. The molecule has 0 saturated carbocycles. The van der Waals surface area contributed by atoms with E-state index >= 15 is 0 Å². The summed E-state index contributed by atoms with van der Waals surface area (Å²) < 4.78 is 1.61. The molecule has 142 valence electrons. The highest BCUT2D eigenvalue weighted by atomic mass is 32.2. The van der Waals surface area contributed by atoms with Gasteiger partial charge in [-0.2, -0.15) is 5.26 Å². The largest absolute Gasteiger partial charge is 0.324 e. The predicted molar refractivity (Wildman–Crippen MR) is 111 cm³/mol. The minimum Gasteiger partial charge on any atom is -0.324 e. The highest BCUT2D eigenvalue weighted by Gasteiger charge is 2.21. The smallest absolute Gasteiger partial charge is 0.262 e. The number of hydrogen-bond donors (Lipinski definition) is 1. The van der Waals surface area contributed by atoms with Crippen molar-refractivity contribution in [2.75, 3.05) is 5.32 Å². The van der Waals surface area contributed by atoms with E-state index in [9.17, 15) is 14.9 Å². The molecule has 0 saturated heterocycles. The van der Waals surface area contributed by atoms with Gasteiger partial charge in [-0.1, -0.05) is 36.0 Å². The summed E-state index contributed by atoms with van der Waals surface area (Å²) in [4.78, 5) is 30.2. The van der Waals surface area contributed by atoms with E-state index in [4.69, 9.17) is 0 Å². The van der Waals surface area contributed by atoms with Crippen LogP contribution in [0.1, 0.15) is 32.4 Å². The summed E-state index contributed by atoms with van der Waals surface area (Å²) in [5.41, 5.74) is 1.35. The van der Waals surface area contributed by atoms with Crippen molar-refractivity contribution in [3.8, 4) is 6.07 Å². The summed E-state index contributed by atoms with van der Waals surface area (Å²) in [6.07, 6.45) is 0. The number of fused-ring (bicyclic) bond motifs is 1. The van der Waals surface area contributed by atoms with Crippen LogP contribution in [0.25, 0.3) is 10.9 Å². The molecule has 28 heavy (non-hydrogen) atoms. The standard InChI is InChI=1S/C21H20N4O2S/c1-13(2)25-20(27)16-9-5-7-11-18(16)24-21(25)28-14(3)19(26)23-17-10-6-4-8-15(17)12-22/h4-11,13-14H,1-3H3,(H,23,26). The van der Waals surface area contributed by atoms with Crippen LogP contribution in [0.2, 0.25) is 0 Å². The number of hydrogen-bond acceptors (Lipinski definition) is 5. The van der Waals surface area contributed by atoms with E-state index < -0.39 is 5.25 Å². The normalized spacial score (nSPS) is 12.0. The molecule has 1 aromatic heterocycles. The number of carbonyl (C=O) groups is 1. The molecule has 1 N–H and O–H groups in total. The van der Waals surface area contributed by atoms with Crippen molar-refractivity contribution in [2.24, 2.45) is 0 Å². The lowest BCUT2D eigenvalue weighted by atomic mass is 10.2. The molecule has 2 aromatic carbocycles. The van der Waals surface area contributed by atoms with Gasteiger partial charge in [0.2, 0.25) is 5.91 Å². The van der Waals surface area contributed by atoms with Crippen LogP contribution < -0.4 is 10.9 Å². The van der Waals surface area contributed by atoms with Gasteiger partial charge >= 0.3 is 0 Å². The number of carbonyl (C=O) groups excluding carboxylic acids is 1. The Balaban J connectivity index is 1.91. The zero-order chi connectivity index (χ0) is 20.3. The van der Waals surface area contributed by atoms with Crippen molar-refractivity contribution in [3.05, 3.63) is 64.4 Å².